The molecular formula is C65H45N. The first-order valence-corrected chi connectivity index (χ1v) is 22.8. The molecule has 1 nitrogen and oxygen atoms in total. The van der Waals surface area contributed by atoms with Crippen molar-refractivity contribution in [3.63, 3.8) is 0 Å². The number of para-hydroxylation sites is 2. The van der Waals surface area contributed by atoms with Gasteiger partial charge in [-0.05, 0) is 108 Å². The second-order valence-electron chi connectivity index (χ2n) is 17.1. The molecule has 0 unspecified atom stereocenters. The van der Waals surface area contributed by atoms with Crippen LogP contribution in [0.25, 0.3) is 66.4 Å². The summed E-state index contributed by atoms with van der Waals surface area (Å²) < 4.78 is 0. The maximum atomic E-state index is 2.46. The maximum Gasteiger partial charge on any atom is 0.0713 e. The van der Waals surface area contributed by atoms with E-state index in [9.17, 15) is 0 Å². The van der Waals surface area contributed by atoms with Gasteiger partial charge in [-0.1, -0.05) is 243 Å². The van der Waals surface area contributed by atoms with Gasteiger partial charge < -0.3 is 4.90 Å². The standard InChI is InChI=1S/C65H45N/c1-5-21-47(22-6-1)54-31-14-17-37-62(54)66(63-38-18-15-33-58(63)59-35-20-26-49-25-19-34-55(64(49)59)48-23-7-2-8-24-48)53-42-39-46(40-43-53)50-41-44-57-56-32-13-16-36-60(56)65(61(57)45-50,51-27-9-3-10-28-51)52-29-11-4-12-30-52/h1-45H. The van der Waals surface area contributed by atoms with Crippen LogP contribution in [0.1, 0.15) is 22.3 Å². The Morgan fingerprint density at radius 3 is 1.35 bits per heavy atom. The average molecular weight is 840 g/mol. The van der Waals surface area contributed by atoms with E-state index in [0.29, 0.717) is 0 Å². The van der Waals surface area contributed by atoms with Gasteiger partial charge in [-0.15, -0.1) is 0 Å². The predicted molar refractivity (Wildman–Crippen MR) is 278 cm³/mol. The summed E-state index contributed by atoms with van der Waals surface area (Å²) in [5.74, 6) is 0. The lowest BCUT2D eigenvalue weighted by Crippen LogP contribution is -2.28. The molecule has 0 atom stereocenters. The molecule has 0 radical (unpaired) electrons. The molecule has 11 aromatic rings. The van der Waals surface area contributed by atoms with Gasteiger partial charge in [-0.25, -0.2) is 0 Å². The van der Waals surface area contributed by atoms with Crippen molar-refractivity contribution >= 4 is 27.8 Å². The van der Waals surface area contributed by atoms with Crippen LogP contribution < -0.4 is 4.90 Å². The number of hydrogen-bond acceptors (Lipinski definition) is 1. The van der Waals surface area contributed by atoms with Crippen molar-refractivity contribution in [1.82, 2.24) is 0 Å². The van der Waals surface area contributed by atoms with E-state index in [1.165, 1.54) is 77.5 Å². The fraction of sp³-hybridized carbons (Fsp3) is 0.0154. The molecule has 0 fully saturated rings. The highest BCUT2D eigenvalue weighted by atomic mass is 15.1. The van der Waals surface area contributed by atoms with E-state index in [1.807, 2.05) is 0 Å². The van der Waals surface area contributed by atoms with Gasteiger partial charge in [0.05, 0.1) is 16.8 Å². The van der Waals surface area contributed by atoms with Crippen LogP contribution in [-0.2, 0) is 5.41 Å². The van der Waals surface area contributed by atoms with Crippen LogP contribution in [0.15, 0.2) is 273 Å². The van der Waals surface area contributed by atoms with Crippen molar-refractivity contribution in [2.75, 3.05) is 4.90 Å². The van der Waals surface area contributed by atoms with E-state index >= 15 is 0 Å². The van der Waals surface area contributed by atoms with E-state index in [2.05, 4.69) is 278 Å². The summed E-state index contributed by atoms with van der Waals surface area (Å²) >= 11 is 0. The first-order valence-electron chi connectivity index (χ1n) is 22.8. The van der Waals surface area contributed by atoms with Gasteiger partial charge >= 0.3 is 0 Å². The molecule has 1 heteroatoms. The van der Waals surface area contributed by atoms with Crippen LogP contribution >= 0.6 is 0 Å². The Morgan fingerprint density at radius 1 is 0.258 bits per heavy atom. The lowest BCUT2D eigenvalue weighted by Gasteiger charge is -2.34. The third kappa shape index (κ3) is 6.47. The van der Waals surface area contributed by atoms with Gasteiger partial charge in [0.2, 0.25) is 0 Å². The molecule has 0 N–H and O–H groups in total. The zero-order valence-corrected chi connectivity index (χ0v) is 36.4. The molecule has 66 heavy (non-hydrogen) atoms. The molecule has 0 spiro atoms. The number of fused-ring (bicyclic) bond motifs is 4. The van der Waals surface area contributed by atoms with Crippen LogP contribution in [0.3, 0.4) is 0 Å². The molecule has 1 aliphatic carbocycles. The predicted octanol–water partition coefficient (Wildman–Crippen LogP) is 17.3. The van der Waals surface area contributed by atoms with Crippen molar-refractivity contribution in [2.45, 2.75) is 5.41 Å². The van der Waals surface area contributed by atoms with Gasteiger partial charge in [0.15, 0.2) is 0 Å². The third-order valence-corrected chi connectivity index (χ3v) is 13.6. The molecule has 0 amide bonds. The van der Waals surface area contributed by atoms with Gasteiger partial charge in [0.25, 0.3) is 0 Å². The third-order valence-electron chi connectivity index (χ3n) is 13.6. The zero-order chi connectivity index (χ0) is 43.9. The second-order valence-corrected chi connectivity index (χ2v) is 17.1. The van der Waals surface area contributed by atoms with Crippen LogP contribution in [0.2, 0.25) is 0 Å². The first kappa shape index (κ1) is 39.1. The molecule has 0 heterocycles. The van der Waals surface area contributed by atoms with Crippen molar-refractivity contribution in [3.8, 4) is 55.6 Å². The minimum absolute atomic E-state index is 0.464. The molecule has 0 bridgehead atoms. The highest BCUT2D eigenvalue weighted by molar-refractivity contribution is 6.09. The lowest BCUT2D eigenvalue weighted by atomic mass is 9.67. The highest BCUT2D eigenvalue weighted by Gasteiger charge is 2.46. The number of anilines is 3. The quantitative estimate of drug-likeness (QED) is 0.140. The topological polar surface area (TPSA) is 3.24 Å². The minimum Gasteiger partial charge on any atom is -0.309 e. The fourth-order valence-electron chi connectivity index (χ4n) is 10.7. The Kier molecular flexibility index (Phi) is 9.81. The smallest absolute Gasteiger partial charge is 0.0713 e. The number of hydrogen-bond donors (Lipinski definition) is 0. The number of rotatable bonds is 9. The average Bonchev–Trinajstić information content (AvgIpc) is 3.70. The summed E-state index contributed by atoms with van der Waals surface area (Å²) in [4.78, 5) is 2.46. The van der Waals surface area contributed by atoms with E-state index in [1.54, 1.807) is 0 Å². The van der Waals surface area contributed by atoms with E-state index in [4.69, 9.17) is 0 Å². The Bertz CT molecular complexity index is 3460. The van der Waals surface area contributed by atoms with Crippen molar-refractivity contribution in [3.05, 3.63) is 295 Å². The second kappa shape index (κ2) is 16.6. The highest BCUT2D eigenvalue weighted by Crippen LogP contribution is 2.57. The lowest BCUT2D eigenvalue weighted by molar-refractivity contribution is 0.769. The fourth-order valence-corrected chi connectivity index (χ4v) is 10.7. The normalized spacial score (nSPS) is 12.4. The van der Waals surface area contributed by atoms with E-state index in [-0.39, 0.29) is 0 Å². The molecule has 0 saturated carbocycles. The van der Waals surface area contributed by atoms with Gasteiger partial charge in [0, 0.05) is 16.8 Å². The van der Waals surface area contributed by atoms with Crippen LogP contribution in [-0.4, -0.2) is 0 Å². The van der Waals surface area contributed by atoms with Crippen molar-refractivity contribution < 1.29 is 0 Å². The SMILES string of the molecule is c1ccc(-c2ccccc2N(c2ccc(-c3ccc4c(c3)C(c3ccccc3)(c3ccccc3)c3ccccc3-4)cc2)c2ccccc2-c2cccc3cccc(-c4ccccc4)c23)cc1. The first-order chi connectivity index (χ1) is 32.8. The molecular weight excluding hydrogens is 795 g/mol. The largest absolute Gasteiger partial charge is 0.309 e. The van der Waals surface area contributed by atoms with Crippen molar-refractivity contribution in [1.29, 1.82) is 0 Å². The Labute approximate surface area is 387 Å². The molecule has 310 valence electrons. The Hall–Kier alpha value is -8.52. The molecule has 11 aromatic carbocycles. The molecule has 0 saturated heterocycles. The summed E-state index contributed by atoms with van der Waals surface area (Å²) in [6.07, 6.45) is 0. The van der Waals surface area contributed by atoms with Gasteiger partial charge in [-0.2, -0.15) is 0 Å². The van der Waals surface area contributed by atoms with Crippen molar-refractivity contribution in [2.24, 2.45) is 0 Å². The molecule has 12 rings (SSSR count). The molecule has 0 aromatic heterocycles. The minimum atomic E-state index is -0.464. The number of nitrogens with zero attached hydrogens (tertiary/aromatic N) is 1. The Morgan fingerprint density at radius 2 is 0.712 bits per heavy atom. The summed E-state index contributed by atoms with van der Waals surface area (Å²) in [6, 6.07) is 100.0. The monoisotopic (exact) mass is 839 g/mol. The summed E-state index contributed by atoms with van der Waals surface area (Å²) in [5.41, 5.74) is 20.0. The van der Waals surface area contributed by atoms with Gasteiger partial charge in [-0.3, -0.25) is 0 Å². The van der Waals surface area contributed by atoms with Crippen LogP contribution in [0.4, 0.5) is 17.1 Å². The number of benzene rings is 11. The van der Waals surface area contributed by atoms with Crippen LogP contribution in [0, 0.1) is 0 Å². The Balaban J connectivity index is 1.04. The van der Waals surface area contributed by atoms with E-state index < -0.39 is 5.41 Å². The summed E-state index contributed by atoms with van der Waals surface area (Å²) in [5, 5.41) is 2.45. The summed E-state index contributed by atoms with van der Waals surface area (Å²) in [7, 11) is 0. The zero-order valence-electron chi connectivity index (χ0n) is 36.4. The molecule has 1 aliphatic rings. The maximum absolute atomic E-state index is 2.46. The van der Waals surface area contributed by atoms with Gasteiger partial charge in [0.1, 0.15) is 0 Å². The van der Waals surface area contributed by atoms with E-state index in [0.717, 1.165) is 28.2 Å². The van der Waals surface area contributed by atoms with Crippen LogP contribution in [0.5, 0.6) is 0 Å². The summed E-state index contributed by atoms with van der Waals surface area (Å²) in [6.45, 7) is 0. The molecule has 0 aliphatic heterocycles.